The Morgan fingerprint density at radius 2 is 1.53 bits per heavy atom. The predicted octanol–water partition coefficient (Wildman–Crippen LogP) is 7.36. The van der Waals surface area contributed by atoms with Gasteiger partial charge in [0.25, 0.3) is 0 Å². The fraction of sp³-hybridized carbons (Fsp3) is 0.630. The number of unbranched alkanes of at least 4 members (excludes halogenated alkanes) is 7. The van der Waals surface area contributed by atoms with Crippen molar-refractivity contribution < 1.29 is 13.9 Å². The van der Waals surface area contributed by atoms with Crippen molar-refractivity contribution in [1.29, 1.82) is 0 Å². The Kier molecular flexibility index (Phi) is 13.6. The lowest BCUT2D eigenvalue weighted by atomic mass is 10.1. The van der Waals surface area contributed by atoms with Gasteiger partial charge in [-0.15, -0.1) is 0 Å². The molecule has 0 aliphatic carbocycles. The third kappa shape index (κ3) is 11.0. The molecule has 0 saturated heterocycles. The van der Waals surface area contributed by atoms with Crippen molar-refractivity contribution in [2.75, 3.05) is 19.8 Å². The van der Waals surface area contributed by atoms with E-state index in [4.69, 9.17) is 9.47 Å². The minimum Gasteiger partial charge on any atom is -0.491 e. The van der Waals surface area contributed by atoms with Gasteiger partial charge in [-0.05, 0) is 62.4 Å². The number of benzene rings is 1. The van der Waals surface area contributed by atoms with Crippen LogP contribution in [0.5, 0.6) is 5.75 Å². The van der Waals surface area contributed by atoms with E-state index in [1.165, 1.54) is 44.1 Å². The topological polar surface area (TPSA) is 44.2 Å². The number of halogens is 1. The number of hydrogen-bond acceptors (Lipinski definition) is 4. The molecule has 0 bridgehead atoms. The average Bonchev–Trinajstić information content (AvgIpc) is 2.83. The van der Waals surface area contributed by atoms with Crippen molar-refractivity contribution in [1.82, 2.24) is 9.97 Å². The first-order chi connectivity index (χ1) is 15.7. The first-order valence-electron chi connectivity index (χ1n) is 12.5. The van der Waals surface area contributed by atoms with Crippen molar-refractivity contribution in [3.05, 3.63) is 42.2 Å². The molecular weight excluding hydrogens is 403 g/mol. The summed E-state index contributed by atoms with van der Waals surface area (Å²) in [7, 11) is 0. The first kappa shape index (κ1) is 26.2. The molecule has 0 aliphatic rings. The second-order valence-electron chi connectivity index (χ2n) is 8.41. The Bertz CT molecular complexity index is 707. The fourth-order valence-electron chi connectivity index (χ4n) is 3.60. The summed E-state index contributed by atoms with van der Waals surface area (Å²) in [6, 6.07) is 7.58. The van der Waals surface area contributed by atoms with E-state index < -0.39 is 6.17 Å². The molecule has 1 aromatic carbocycles. The molecule has 2 aromatic rings. The summed E-state index contributed by atoms with van der Waals surface area (Å²) in [6.45, 7) is 5.83. The quantitative estimate of drug-likeness (QED) is 0.225. The number of ether oxygens (including phenoxy) is 2. The van der Waals surface area contributed by atoms with E-state index in [9.17, 15) is 4.39 Å². The number of rotatable bonds is 18. The molecular formula is C27H41FN2O2. The van der Waals surface area contributed by atoms with Crippen LogP contribution >= 0.6 is 0 Å². The molecule has 5 heteroatoms. The average molecular weight is 445 g/mol. The Hall–Kier alpha value is -2.01. The van der Waals surface area contributed by atoms with Gasteiger partial charge in [-0.3, -0.25) is 0 Å². The third-order valence-electron chi connectivity index (χ3n) is 5.58. The van der Waals surface area contributed by atoms with Crippen LogP contribution in [0.1, 0.15) is 83.6 Å². The number of aryl methyl sites for hydroxylation is 1. The second-order valence-corrected chi connectivity index (χ2v) is 8.41. The maximum atomic E-state index is 14.0. The fourth-order valence-corrected chi connectivity index (χ4v) is 3.60. The van der Waals surface area contributed by atoms with Gasteiger partial charge < -0.3 is 9.47 Å². The van der Waals surface area contributed by atoms with Gasteiger partial charge in [0.05, 0.1) is 0 Å². The molecule has 0 fully saturated rings. The molecule has 0 N–H and O–H groups in total. The van der Waals surface area contributed by atoms with E-state index in [0.717, 1.165) is 44.5 Å². The molecule has 0 radical (unpaired) electrons. The van der Waals surface area contributed by atoms with Crippen molar-refractivity contribution in [2.45, 2.75) is 90.6 Å². The van der Waals surface area contributed by atoms with Crippen LogP contribution in [0.2, 0.25) is 0 Å². The van der Waals surface area contributed by atoms with Crippen LogP contribution in [-0.2, 0) is 11.2 Å². The molecule has 0 spiro atoms. The van der Waals surface area contributed by atoms with Crippen LogP contribution in [0.15, 0.2) is 36.7 Å². The van der Waals surface area contributed by atoms with Gasteiger partial charge in [0.15, 0.2) is 5.82 Å². The van der Waals surface area contributed by atoms with Gasteiger partial charge in [0, 0.05) is 31.2 Å². The van der Waals surface area contributed by atoms with Crippen LogP contribution in [-0.4, -0.2) is 36.0 Å². The molecule has 2 rings (SSSR count). The van der Waals surface area contributed by atoms with Gasteiger partial charge in [-0.25, -0.2) is 14.4 Å². The Morgan fingerprint density at radius 3 is 2.25 bits per heavy atom. The zero-order valence-corrected chi connectivity index (χ0v) is 20.0. The summed E-state index contributed by atoms with van der Waals surface area (Å²) in [6.07, 6.45) is 15.1. The molecule has 1 atom stereocenters. The normalized spacial score (nSPS) is 12.1. The Morgan fingerprint density at radius 1 is 0.844 bits per heavy atom. The van der Waals surface area contributed by atoms with Crippen molar-refractivity contribution in [2.24, 2.45) is 0 Å². The molecule has 178 valence electrons. The zero-order valence-electron chi connectivity index (χ0n) is 20.0. The van der Waals surface area contributed by atoms with E-state index in [1.807, 2.05) is 43.6 Å². The Labute approximate surface area is 194 Å². The number of aromatic nitrogens is 2. The van der Waals surface area contributed by atoms with Gasteiger partial charge in [-0.1, -0.05) is 51.9 Å². The van der Waals surface area contributed by atoms with Crippen molar-refractivity contribution in [3.63, 3.8) is 0 Å². The summed E-state index contributed by atoms with van der Waals surface area (Å²) in [5.74, 6) is 1.38. The molecule has 32 heavy (non-hydrogen) atoms. The van der Waals surface area contributed by atoms with E-state index in [-0.39, 0.29) is 6.61 Å². The standard InChI is InChI=1S/C27H41FN2O2/c1-3-5-6-7-8-10-13-23-20-29-27(30-21-23)24-15-17-26(18-16-24)32-22-25(28)14-11-9-12-19-31-4-2/h15-18,20-21,25H,3-14,19,22H2,1-2H3. The summed E-state index contributed by atoms with van der Waals surface area (Å²) >= 11 is 0. The monoisotopic (exact) mass is 444 g/mol. The first-order valence-corrected chi connectivity index (χ1v) is 12.5. The summed E-state index contributed by atoms with van der Waals surface area (Å²) < 4.78 is 24.9. The van der Waals surface area contributed by atoms with Crippen molar-refractivity contribution in [3.8, 4) is 17.1 Å². The van der Waals surface area contributed by atoms with Crippen LogP contribution in [0, 0.1) is 0 Å². The summed E-state index contributed by atoms with van der Waals surface area (Å²) in [5.41, 5.74) is 2.13. The molecule has 1 aromatic heterocycles. The highest BCUT2D eigenvalue weighted by Gasteiger charge is 2.08. The molecule has 0 aliphatic heterocycles. The van der Waals surface area contributed by atoms with E-state index in [2.05, 4.69) is 16.9 Å². The van der Waals surface area contributed by atoms with Gasteiger partial charge in [-0.2, -0.15) is 0 Å². The molecule has 1 heterocycles. The van der Waals surface area contributed by atoms with Crippen LogP contribution in [0.25, 0.3) is 11.4 Å². The second kappa shape index (κ2) is 16.6. The maximum absolute atomic E-state index is 14.0. The zero-order chi connectivity index (χ0) is 22.9. The highest BCUT2D eigenvalue weighted by atomic mass is 19.1. The van der Waals surface area contributed by atoms with Crippen LogP contribution in [0.4, 0.5) is 4.39 Å². The lowest BCUT2D eigenvalue weighted by molar-refractivity contribution is 0.140. The minimum absolute atomic E-state index is 0.0917. The van der Waals surface area contributed by atoms with E-state index >= 15 is 0 Å². The highest BCUT2D eigenvalue weighted by Crippen LogP contribution is 2.20. The summed E-state index contributed by atoms with van der Waals surface area (Å²) in [5, 5.41) is 0. The lowest BCUT2D eigenvalue weighted by Gasteiger charge is -2.11. The van der Waals surface area contributed by atoms with Gasteiger partial charge >= 0.3 is 0 Å². The van der Waals surface area contributed by atoms with Crippen molar-refractivity contribution >= 4 is 0 Å². The molecule has 4 nitrogen and oxygen atoms in total. The molecule has 0 saturated carbocycles. The van der Waals surface area contributed by atoms with E-state index in [0.29, 0.717) is 18.0 Å². The third-order valence-corrected chi connectivity index (χ3v) is 5.58. The highest BCUT2D eigenvalue weighted by molar-refractivity contribution is 5.55. The molecule has 0 amide bonds. The predicted molar refractivity (Wildman–Crippen MR) is 130 cm³/mol. The maximum Gasteiger partial charge on any atom is 0.159 e. The number of hydrogen-bond donors (Lipinski definition) is 0. The Balaban J connectivity index is 1.67. The summed E-state index contributed by atoms with van der Waals surface area (Å²) in [4.78, 5) is 9.04. The number of alkyl halides is 1. The van der Waals surface area contributed by atoms with E-state index in [1.54, 1.807) is 0 Å². The lowest BCUT2D eigenvalue weighted by Crippen LogP contribution is -2.12. The van der Waals surface area contributed by atoms with Gasteiger partial charge in [0.2, 0.25) is 0 Å². The largest absolute Gasteiger partial charge is 0.491 e. The SMILES string of the molecule is CCCCCCCCc1cnc(-c2ccc(OCC(F)CCCCCOCC)cc2)nc1. The van der Waals surface area contributed by atoms with Gasteiger partial charge in [0.1, 0.15) is 18.5 Å². The smallest absolute Gasteiger partial charge is 0.159 e. The number of nitrogens with zero attached hydrogens (tertiary/aromatic N) is 2. The van der Waals surface area contributed by atoms with Crippen LogP contribution in [0.3, 0.4) is 0 Å². The van der Waals surface area contributed by atoms with Crippen LogP contribution < -0.4 is 4.74 Å². The minimum atomic E-state index is -0.940. The molecule has 1 unspecified atom stereocenters.